The standard InChI is InChI=1S/C22H22ClN3O2/c23-19-8-6-17(7-9-19)15-25-11-13-26(14-12-25)21(27)16-28-20-5-1-3-18-4-2-10-24-22(18)20/h1-10H,11-16H2. The molecule has 4 rings (SSSR count). The van der Waals surface area contributed by atoms with E-state index in [0.717, 1.165) is 35.6 Å². The van der Waals surface area contributed by atoms with Crippen LogP contribution in [0.4, 0.5) is 0 Å². The predicted molar refractivity (Wildman–Crippen MR) is 111 cm³/mol. The highest BCUT2D eigenvalue weighted by molar-refractivity contribution is 6.30. The van der Waals surface area contributed by atoms with Crippen molar-refractivity contribution in [3.05, 3.63) is 71.4 Å². The zero-order valence-electron chi connectivity index (χ0n) is 15.6. The van der Waals surface area contributed by atoms with E-state index in [2.05, 4.69) is 9.88 Å². The minimum atomic E-state index is 0.0130. The fourth-order valence-electron chi connectivity index (χ4n) is 3.43. The first-order valence-electron chi connectivity index (χ1n) is 9.40. The Hall–Kier alpha value is -2.63. The van der Waals surface area contributed by atoms with Crippen molar-refractivity contribution >= 4 is 28.4 Å². The monoisotopic (exact) mass is 395 g/mol. The van der Waals surface area contributed by atoms with Crippen molar-refractivity contribution in [3.8, 4) is 5.75 Å². The van der Waals surface area contributed by atoms with Crippen LogP contribution in [-0.4, -0.2) is 53.5 Å². The SMILES string of the molecule is O=C(COc1cccc2cccnc12)N1CCN(Cc2ccc(Cl)cc2)CC1. The Balaban J connectivity index is 1.28. The second kappa shape index (κ2) is 8.59. The largest absolute Gasteiger partial charge is 0.481 e. The second-order valence-corrected chi connectivity index (χ2v) is 7.34. The van der Waals surface area contributed by atoms with Gasteiger partial charge in [-0.2, -0.15) is 0 Å². The predicted octanol–water partition coefficient (Wildman–Crippen LogP) is 3.61. The summed E-state index contributed by atoms with van der Waals surface area (Å²) in [4.78, 5) is 21.1. The number of carbonyl (C=O) groups excluding carboxylic acids is 1. The van der Waals surface area contributed by atoms with Crippen molar-refractivity contribution in [2.45, 2.75) is 6.54 Å². The van der Waals surface area contributed by atoms with Gasteiger partial charge in [0.1, 0.15) is 11.3 Å². The summed E-state index contributed by atoms with van der Waals surface area (Å²) in [5.41, 5.74) is 2.02. The molecule has 1 saturated heterocycles. The molecule has 2 heterocycles. The van der Waals surface area contributed by atoms with E-state index in [-0.39, 0.29) is 12.5 Å². The van der Waals surface area contributed by atoms with Gasteiger partial charge in [-0.1, -0.05) is 41.9 Å². The van der Waals surface area contributed by atoms with Crippen molar-refractivity contribution in [2.75, 3.05) is 32.8 Å². The molecule has 1 fully saturated rings. The zero-order chi connectivity index (χ0) is 19.3. The molecule has 0 atom stereocenters. The van der Waals surface area contributed by atoms with E-state index in [1.807, 2.05) is 59.5 Å². The quantitative estimate of drug-likeness (QED) is 0.662. The number of fused-ring (bicyclic) bond motifs is 1. The molecular weight excluding hydrogens is 374 g/mol. The van der Waals surface area contributed by atoms with E-state index in [4.69, 9.17) is 16.3 Å². The van der Waals surface area contributed by atoms with E-state index >= 15 is 0 Å². The molecule has 1 aliphatic rings. The molecule has 0 aliphatic carbocycles. The van der Waals surface area contributed by atoms with Crippen LogP contribution in [0.5, 0.6) is 5.75 Å². The van der Waals surface area contributed by atoms with Gasteiger partial charge in [0.15, 0.2) is 6.61 Å². The van der Waals surface area contributed by atoms with Gasteiger partial charge in [-0.05, 0) is 29.8 Å². The molecule has 1 aliphatic heterocycles. The molecule has 28 heavy (non-hydrogen) atoms. The van der Waals surface area contributed by atoms with Crippen LogP contribution < -0.4 is 4.74 Å². The van der Waals surface area contributed by atoms with Gasteiger partial charge in [0, 0.05) is 49.3 Å². The minimum Gasteiger partial charge on any atom is -0.481 e. The number of benzene rings is 2. The maximum Gasteiger partial charge on any atom is 0.260 e. The Morgan fingerprint density at radius 3 is 2.54 bits per heavy atom. The number of hydrogen-bond acceptors (Lipinski definition) is 4. The molecule has 6 heteroatoms. The first kappa shape index (κ1) is 18.7. The van der Waals surface area contributed by atoms with Crippen molar-refractivity contribution in [1.82, 2.24) is 14.8 Å². The lowest BCUT2D eigenvalue weighted by atomic mass is 10.2. The second-order valence-electron chi connectivity index (χ2n) is 6.90. The van der Waals surface area contributed by atoms with Crippen LogP contribution in [0.15, 0.2) is 60.8 Å². The van der Waals surface area contributed by atoms with Crippen LogP contribution in [0.25, 0.3) is 10.9 Å². The fourth-order valence-corrected chi connectivity index (χ4v) is 3.55. The minimum absolute atomic E-state index is 0.0130. The molecule has 1 aromatic heterocycles. The van der Waals surface area contributed by atoms with E-state index in [1.165, 1.54) is 5.56 Å². The van der Waals surface area contributed by atoms with Gasteiger partial charge in [-0.3, -0.25) is 14.7 Å². The van der Waals surface area contributed by atoms with Crippen LogP contribution in [0, 0.1) is 0 Å². The van der Waals surface area contributed by atoms with E-state index in [0.29, 0.717) is 18.8 Å². The van der Waals surface area contributed by atoms with Gasteiger partial charge in [0.25, 0.3) is 5.91 Å². The van der Waals surface area contributed by atoms with Gasteiger partial charge in [-0.25, -0.2) is 0 Å². The normalized spacial score (nSPS) is 15.0. The number of amides is 1. The molecule has 144 valence electrons. The summed E-state index contributed by atoms with van der Waals surface area (Å²) >= 11 is 5.94. The van der Waals surface area contributed by atoms with Crippen molar-refractivity contribution in [2.24, 2.45) is 0 Å². The van der Waals surface area contributed by atoms with E-state index in [1.54, 1.807) is 6.20 Å². The molecule has 0 spiro atoms. The summed E-state index contributed by atoms with van der Waals surface area (Å²) in [6.07, 6.45) is 1.73. The smallest absolute Gasteiger partial charge is 0.260 e. The summed E-state index contributed by atoms with van der Waals surface area (Å²) in [6.45, 7) is 4.03. The summed E-state index contributed by atoms with van der Waals surface area (Å²) in [5.74, 6) is 0.659. The van der Waals surface area contributed by atoms with Gasteiger partial charge in [0.05, 0.1) is 0 Å². The maximum absolute atomic E-state index is 12.6. The van der Waals surface area contributed by atoms with Crippen molar-refractivity contribution < 1.29 is 9.53 Å². The molecule has 1 amide bonds. The van der Waals surface area contributed by atoms with Gasteiger partial charge in [-0.15, -0.1) is 0 Å². The third-order valence-electron chi connectivity index (χ3n) is 4.99. The number of hydrogen-bond donors (Lipinski definition) is 0. The Morgan fingerprint density at radius 2 is 1.75 bits per heavy atom. The van der Waals surface area contributed by atoms with Crippen molar-refractivity contribution in [1.29, 1.82) is 0 Å². The lowest BCUT2D eigenvalue weighted by molar-refractivity contribution is -0.135. The summed E-state index contributed by atoms with van der Waals surface area (Å²) in [7, 11) is 0. The van der Waals surface area contributed by atoms with Gasteiger partial charge >= 0.3 is 0 Å². The van der Waals surface area contributed by atoms with Crippen LogP contribution in [0.2, 0.25) is 5.02 Å². The number of rotatable bonds is 5. The summed E-state index contributed by atoms with van der Waals surface area (Å²) in [6, 6.07) is 17.5. The average Bonchev–Trinajstić information content (AvgIpc) is 2.74. The molecule has 3 aromatic rings. The first-order chi connectivity index (χ1) is 13.7. The number of piperazine rings is 1. The average molecular weight is 396 g/mol. The Bertz CT molecular complexity index is 948. The Kier molecular flexibility index (Phi) is 5.74. The highest BCUT2D eigenvalue weighted by Gasteiger charge is 2.21. The van der Waals surface area contributed by atoms with E-state index < -0.39 is 0 Å². The maximum atomic E-state index is 12.6. The lowest BCUT2D eigenvalue weighted by Gasteiger charge is -2.34. The molecule has 0 saturated carbocycles. The summed E-state index contributed by atoms with van der Waals surface area (Å²) in [5, 5.41) is 1.75. The number of halogens is 1. The van der Waals surface area contributed by atoms with Gasteiger partial charge in [0.2, 0.25) is 0 Å². The number of pyridine rings is 1. The first-order valence-corrected chi connectivity index (χ1v) is 9.78. The van der Waals surface area contributed by atoms with E-state index in [9.17, 15) is 4.79 Å². The molecular formula is C22H22ClN3O2. The fraction of sp³-hybridized carbons (Fsp3) is 0.273. The topological polar surface area (TPSA) is 45.7 Å². The molecule has 0 unspecified atom stereocenters. The van der Waals surface area contributed by atoms with Gasteiger partial charge < -0.3 is 9.64 Å². The number of ether oxygens (including phenoxy) is 1. The number of carbonyl (C=O) groups is 1. The highest BCUT2D eigenvalue weighted by Crippen LogP contribution is 2.23. The summed E-state index contributed by atoms with van der Waals surface area (Å²) < 4.78 is 5.79. The van der Waals surface area contributed by atoms with Crippen molar-refractivity contribution in [3.63, 3.8) is 0 Å². The van der Waals surface area contributed by atoms with Crippen LogP contribution >= 0.6 is 11.6 Å². The third-order valence-corrected chi connectivity index (χ3v) is 5.24. The van der Waals surface area contributed by atoms with Crippen LogP contribution in [0.3, 0.4) is 0 Å². The third kappa shape index (κ3) is 4.43. The van der Waals surface area contributed by atoms with Crippen LogP contribution in [0.1, 0.15) is 5.56 Å². The lowest BCUT2D eigenvalue weighted by Crippen LogP contribution is -2.49. The molecule has 0 N–H and O–H groups in total. The zero-order valence-corrected chi connectivity index (χ0v) is 16.3. The number of aromatic nitrogens is 1. The van der Waals surface area contributed by atoms with Crippen LogP contribution in [-0.2, 0) is 11.3 Å². The molecule has 0 radical (unpaired) electrons. The highest BCUT2D eigenvalue weighted by atomic mass is 35.5. The number of nitrogens with zero attached hydrogens (tertiary/aromatic N) is 3. The Labute approximate surface area is 169 Å². The molecule has 5 nitrogen and oxygen atoms in total. The molecule has 2 aromatic carbocycles. The number of para-hydroxylation sites is 1. The molecule has 0 bridgehead atoms. The Morgan fingerprint density at radius 1 is 1.00 bits per heavy atom.